The number of halogens is 1. The van der Waals surface area contributed by atoms with Gasteiger partial charge < -0.3 is 4.98 Å². The molecule has 1 N–H and O–H groups in total. The molecule has 0 aromatic carbocycles. The molecule has 0 aliphatic carbocycles. The number of nitro groups is 1. The van der Waals surface area contributed by atoms with Crippen molar-refractivity contribution in [3.8, 4) is 0 Å². The average Bonchev–Trinajstić information content (AvgIpc) is 1.82. The summed E-state index contributed by atoms with van der Waals surface area (Å²) >= 11 is 5.45. The van der Waals surface area contributed by atoms with Crippen LogP contribution < -0.4 is 5.56 Å². The second kappa shape index (κ2) is 2.94. The first-order valence-corrected chi connectivity index (χ1v) is 3.44. The van der Waals surface area contributed by atoms with E-state index < -0.39 is 16.2 Å². The van der Waals surface area contributed by atoms with Gasteiger partial charge in [0, 0.05) is 5.56 Å². The van der Waals surface area contributed by atoms with Gasteiger partial charge in [0.1, 0.15) is 5.15 Å². The van der Waals surface area contributed by atoms with E-state index in [9.17, 15) is 14.9 Å². The van der Waals surface area contributed by atoms with Crippen molar-refractivity contribution in [2.45, 2.75) is 6.92 Å². The molecule has 1 aromatic rings. The zero-order chi connectivity index (χ0) is 9.30. The second-order valence-electron chi connectivity index (χ2n) is 2.24. The minimum absolute atomic E-state index is 0.100. The Kier molecular flexibility index (Phi) is 2.14. The van der Waals surface area contributed by atoms with E-state index in [1.807, 2.05) is 0 Å². The summed E-state index contributed by atoms with van der Waals surface area (Å²) in [6.07, 6.45) is 0. The summed E-state index contributed by atoms with van der Waals surface area (Å²) in [5, 5.41) is 10.4. The van der Waals surface area contributed by atoms with E-state index >= 15 is 0 Å². The van der Waals surface area contributed by atoms with Gasteiger partial charge in [-0.25, -0.2) is 0 Å². The third-order valence-corrected chi connectivity index (χ3v) is 1.55. The Balaban J connectivity index is 3.49. The largest absolute Gasteiger partial charge is 0.336 e. The number of aryl methyl sites for hydroxylation is 1. The summed E-state index contributed by atoms with van der Waals surface area (Å²) in [5.74, 6) is 0. The summed E-state index contributed by atoms with van der Waals surface area (Å²) in [6, 6.07) is 1.33. The summed E-state index contributed by atoms with van der Waals surface area (Å²) in [7, 11) is 0. The molecule has 0 bridgehead atoms. The third kappa shape index (κ3) is 1.45. The minimum atomic E-state index is -0.773. The minimum Gasteiger partial charge on any atom is -0.307 e. The number of nitrogens with one attached hydrogen (secondary N) is 1. The first-order chi connectivity index (χ1) is 5.52. The molecule has 5 nitrogen and oxygen atoms in total. The Morgan fingerprint density at radius 1 is 1.67 bits per heavy atom. The van der Waals surface area contributed by atoms with Crippen LogP contribution in [0.1, 0.15) is 5.56 Å². The first-order valence-electron chi connectivity index (χ1n) is 3.06. The zero-order valence-electron chi connectivity index (χ0n) is 6.13. The van der Waals surface area contributed by atoms with Crippen molar-refractivity contribution in [1.82, 2.24) is 4.98 Å². The van der Waals surface area contributed by atoms with Crippen LogP contribution in [0.4, 0.5) is 5.69 Å². The monoisotopic (exact) mass is 188 g/mol. The molecule has 1 aromatic heterocycles. The van der Waals surface area contributed by atoms with Crippen molar-refractivity contribution >= 4 is 17.3 Å². The van der Waals surface area contributed by atoms with Crippen molar-refractivity contribution in [2.75, 3.05) is 0 Å². The maximum atomic E-state index is 10.9. The summed E-state index contributed by atoms with van der Waals surface area (Å²) in [5.41, 5.74) is -0.974. The molecule has 1 rings (SSSR count). The van der Waals surface area contributed by atoms with Gasteiger partial charge in [0.25, 0.3) is 0 Å². The molecule has 0 fully saturated rings. The van der Waals surface area contributed by atoms with Crippen LogP contribution in [0.3, 0.4) is 0 Å². The topological polar surface area (TPSA) is 76.0 Å². The number of H-pyrrole nitrogens is 1. The maximum absolute atomic E-state index is 10.9. The van der Waals surface area contributed by atoms with Crippen LogP contribution in [0, 0.1) is 17.0 Å². The molecule has 0 spiro atoms. The van der Waals surface area contributed by atoms with Gasteiger partial charge in [0.15, 0.2) is 0 Å². The Morgan fingerprint density at radius 2 is 2.25 bits per heavy atom. The molecular weight excluding hydrogens is 184 g/mol. The van der Waals surface area contributed by atoms with Crippen LogP contribution in [0.25, 0.3) is 0 Å². The second-order valence-corrected chi connectivity index (χ2v) is 2.64. The van der Waals surface area contributed by atoms with E-state index in [4.69, 9.17) is 11.6 Å². The molecular formula is C6H5ClN2O3. The summed E-state index contributed by atoms with van der Waals surface area (Å²) in [6.45, 7) is 1.46. The number of nitrogens with zero attached hydrogens (tertiary/aromatic N) is 1. The molecule has 0 unspecified atom stereocenters. The molecule has 6 heteroatoms. The highest BCUT2D eigenvalue weighted by Crippen LogP contribution is 2.13. The summed E-state index contributed by atoms with van der Waals surface area (Å²) < 4.78 is 0. The molecule has 12 heavy (non-hydrogen) atoms. The fraction of sp³-hybridized carbons (Fsp3) is 0.167. The molecule has 0 atom stereocenters. The van der Waals surface area contributed by atoms with Crippen molar-refractivity contribution in [3.05, 3.63) is 37.3 Å². The number of hydrogen-bond donors (Lipinski definition) is 1. The lowest BCUT2D eigenvalue weighted by atomic mass is 10.2. The van der Waals surface area contributed by atoms with Gasteiger partial charge in [0.05, 0.1) is 4.92 Å². The standard InChI is InChI=1S/C6H5ClN2O3/c1-3-2-4(7)8-6(10)5(3)9(11)12/h2H,1H3,(H,8,10). The number of hydrogen-bond acceptors (Lipinski definition) is 3. The third-order valence-electron chi connectivity index (χ3n) is 1.35. The van der Waals surface area contributed by atoms with E-state index in [2.05, 4.69) is 4.98 Å². The maximum Gasteiger partial charge on any atom is 0.336 e. The Bertz CT molecular complexity index is 385. The van der Waals surface area contributed by atoms with Gasteiger partial charge in [-0.2, -0.15) is 0 Å². The van der Waals surface area contributed by atoms with Gasteiger partial charge in [-0.15, -0.1) is 0 Å². The van der Waals surface area contributed by atoms with Crippen LogP contribution in [-0.4, -0.2) is 9.91 Å². The van der Waals surface area contributed by atoms with Gasteiger partial charge in [-0.3, -0.25) is 14.9 Å². The number of rotatable bonds is 1. The molecule has 0 aliphatic rings. The van der Waals surface area contributed by atoms with Gasteiger partial charge in [0.2, 0.25) is 0 Å². The van der Waals surface area contributed by atoms with E-state index in [-0.39, 0.29) is 10.7 Å². The van der Waals surface area contributed by atoms with Gasteiger partial charge >= 0.3 is 11.2 Å². The van der Waals surface area contributed by atoms with E-state index in [0.717, 1.165) is 0 Å². The zero-order valence-corrected chi connectivity index (χ0v) is 6.88. The van der Waals surface area contributed by atoms with Crippen LogP contribution in [0.15, 0.2) is 10.9 Å². The number of pyridine rings is 1. The summed E-state index contributed by atoms with van der Waals surface area (Å²) in [4.78, 5) is 22.6. The molecule has 1 heterocycles. The van der Waals surface area contributed by atoms with E-state index in [1.54, 1.807) is 0 Å². The van der Waals surface area contributed by atoms with Crippen LogP contribution in [0.5, 0.6) is 0 Å². The highest BCUT2D eigenvalue weighted by Gasteiger charge is 2.16. The lowest BCUT2D eigenvalue weighted by Gasteiger charge is -1.95. The molecule has 0 radical (unpaired) electrons. The lowest BCUT2D eigenvalue weighted by Crippen LogP contribution is -2.12. The van der Waals surface area contributed by atoms with E-state index in [1.165, 1.54) is 13.0 Å². The van der Waals surface area contributed by atoms with Gasteiger partial charge in [-0.05, 0) is 13.0 Å². The Labute approximate surface area is 72.1 Å². The van der Waals surface area contributed by atoms with Crippen LogP contribution in [0.2, 0.25) is 5.15 Å². The smallest absolute Gasteiger partial charge is 0.307 e. The predicted octanol–water partition coefficient (Wildman–Crippen LogP) is 1.24. The lowest BCUT2D eigenvalue weighted by molar-refractivity contribution is -0.386. The highest BCUT2D eigenvalue weighted by molar-refractivity contribution is 6.29. The van der Waals surface area contributed by atoms with Crippen molar-refractivity contribution in [1.29, 1.82) is 0 Å². The van der Waals surface area contributed by atoms with E-state index in [0.29, 0.717) is 0 Å². The molecule has 0 saturated heterocycles. The van der Waals surface area contributed by atoms with Crippen molar-refractivity contribution in [3.63, 3.8) is 0 Å². The first kappa shape index (κ1) is 8.73. The normalized spacial score (nSPS) is 9.83. The fourth-order valence-electron chi connectivity index (χ4n) is 0.868. The SMILES string of the molecule is Cc1cc(Cl)[nH]c(=O)c1[N+](=O)[O-]. The molecule has 64 valence electrons. The molecule has 0 aliphatic heterocycles. The van der Waals surface area contributed by atoms with Gasteiger partial charge in [-0.1, -0.05) is 11.6 Å². The predicted molar refractivity (Wildman–Crippen MR) is 43.5 cm³/mol. The quantitative estimate of drug-likeness (QED) is 0.409. The average molecular weight is 189 g/mol. The van der Waals surface area contributed by atoms with Crippen LogP contribution >= 0.6 is 11.6 Å². The number of aromatic nitrogens is 1. The molecule has 0 saturated carbocycles. The van der Waals surface area contributed by atoms with Crippen molar-refractivity contribution < 1.29 is 4.92 Å². The molecule has 0 amide bonds. The Morgan fingerprint density at radius 3 is 2.67 bits per heavy atom. The number of aromatic amines is 1. The fourth-order valence-corrected chi connectivity index (χ4v) is 1.12. The van der Waals surface area contributed by atoms with Crippen LogP contribution in [-0.2, 0) is 0 Å². The Hall–Kier alpha value is -1.36. The van der Waals surface area contributed by atoms with Crippen molar-refractivity contribution in [2.24, 2.45) is 0 Å². The highest BCUT2D eigenvalue weighted by atomic mass is 35.5.